The van der Waals surface area contributed by atoms with Gasteiger partial charge in [0, 0.05) is 4.83 Å². The van der Waals surface area contributed by atoms with Crippen LogP contribution in [0.1, 0.15) is 23.7 Å². The smallest absolute Gasteiger partial charge is 0.137 e. The Labute approximate surface area is 88.4 Å². The van der Waals surface area contributed by atoms with Crippen LogP contribution in [0.25, 0.3) is 0 Å². The Kier molecular flexibility index (Phi) is 3.72. The summed E-state index contributed by atoms with van der Waals surface area (Å²) >= 11 is 6.65. The Hall–Kier alpha value is 0.110. The van der Waals surface area contributed by atoms with Crippen molar-refractivity contribution in [3.05, 3.63) is 34.1 Å². The van der Waals surface area contributed by atoms with Gasteiger partial charge < -0.3 is 0 Å². The first kappa shape index (κ1) is 10.2. The molecule has 1 aromatic carbocycles. The summed E-state index contributed by atoms with van der Waals surface area (Å²) in [7, 11) is 0. The van der Waals surface area contributed by atoms with Gasteiger partial charge in [-0.1, -0.05) is 28.9 Å². The summed E-state index contributed by atoms with van der Waals surface area (Å²) in [6.07, 6.45) is 0.998. The minimum Gasteiger partial charge on any atom is -0.206 e. The molecule has 0 aliphatic heterocycles. The first-order valence-corrected chi connectivity index (χ1v) is 5.45. The van der Waals surface area contributed by atoms with E-state index in [0.29, 0.717) is 9.30 Å². The van der Waals surface area contributed by atoms with E-state index in [2.05, 4.69) is 38.8 Å². The Morgan fingerprint density at radius 2 is 2.17 bits per heavy atom. The van der Waals surface area contributed by atoms with Gasteiger partial charge in [-0.25, -0.2) is 4.39 Å². The van der Waals surface area contributed by atoms with Crippen molar-refractivity contribution >= 4 is 31.9 Å². The topological polar surface area (TPSA) is 0 Å². The molecule has 12 heavy (non-hydrogen) atoms. The molecule has 0 radical (unpaired) electrons. The SMILES string of the molecule is CCC(Br)c1ccc(F)c(Br)c1. The third kappa shape index (κ3) is 2.30. The lowest BCUT2D eigenvalue weighted by atomic mass is 10.1. The third-order valence-corrected chi connectivity index (χ3v) is 3.45. The number of benzene rings is 1. The molecule has 66 valence electrons. The number of hydrogen-bond donors (Lipinski definition) is 0. The molecule has 1 atom stereocenters. The van der Waals surface area contributed by atoms with Gasteiger partial charge in [0.2, 0.25) is 0 Å². The zero-order valence-electron chi connectivity index (χ0n) is 6.65. The van der Waals surface area contributed by atoms with Crippen molar-refractivity contribution in [1.82, 2.24) is 0 Å². The van der Waals surface area contributed by atoms with Crippen molar-refractivity contribution < 1.29 is 4.39 Å². The van der Waals surface area contributed by atoms with E-state index in [1.54, 1.807) is 12.1 Å². The van der Waals surface area contributed by atoms with E-state index in [1.807, 2.05) is 0 Å². The lowest BCUT2D eigenvalue weighted by molar-refractivity contribution is 0.620. The van der Waals surface area contributed by atoms with Crippen molar-refractivity contribution in [2.24, 2.45) is 0 Å². The molecular formula is C9H9Br2F. The zero-order valence-corrected chi connectivity index (χ0v) is 9.82. The summed E-state index contributed by atoms with van der Waals surface area (Å²) in [5, 5.41) is 0. The minimum atomic E-state index is -0.213. The van der Waals surface area contributed by atoms with Crippen LogP contribution in [0.4, 0.5) is 4.39 Å². The maximum Gasteiger partial charge on any atom is 0.137 e. The van der Waals surface area contributed by atoms with Gasteiger partial charge in [0.1, 0.15) is 5.82 Å². The Morgan fingerprint density at radius 3 is 2.67 bits per heavy atom. The van der Waals surface area contributed by atoms with E-state index < -0.39 is 0 Å². The van der Waals surface area contributed by atoms with Crippen molar-refractivity contribution in [2.45, 2.75) is 18.2 Å². The van der Waals surface area contributed by atoms with Crippen molar-refractivity contribution in [2.75, 3.05) is 0 Å². The van der Waals surface area contributed by atoms with E-state index in [4.69, 9.17) is 0 Å². The number of halogens is 3. The average Bonchev–Trinajstić information content (AvgIpc) is 2.08. The predicted molar refractivity (Wildman–Crippen MR) is 56.1 cm³/mol. The lowest BCUT2D eigenvalue weighted by Gasteiger charge is -2.07. The largest absolute Gasteiger partial charge is 0.206 e. The van der Waals surface area contributed by atoms with Crippen LogP contribution in [0, 0.1) is 5.82 Å². The maximum absolute atomic E-state index is 12.8. The van der Waals surface area contributed by atoms with Gasteiger partial charge in [-0.2, -0.15) is 0 Å². The predicted octanol–water partition coefficient (Wildman–Crippen LogP) is 4.43. The summed E-state index contributed by atoms with van der Waals surface area (Å²) in [6, 6.07) is 5.07. The van der Waals surface area contributed by atoms with Crippen LogP contribution in [-0.2, 0) is 0 Å². The molecule has 3 heteroatoms. The molecule has 0 saturated carbocycles. The lowest BCUT2D eigenvalue weighted by Crippen LogP contribution is -1.88. The second kappa shape index (κ2) is 4.38. The van der Waals surface area contributed by atoms with Gasteiger partial charge in [-0.05, 0) is 40.0 Å². The normalized spacial score (nSPS) is 13.0. The van der Waals surface area contributed by atoms with E-state index in [0.717, 1.165) is 12.0 Å². The second-order valence-corrected chi connectivity index (χ2v) is 4.51. The van der Waals surface area contributed by atoms with E-state index in [9.17, 15) is 4.39 Å². The molecule has 0 aromatic heterocycles. The molecule has 0 nitrogen and oxygen atoms in total. The highest BCUT2D eigenvalue weighted by Gasteiger charge is 2.06. The molecule has 0 spiro atoms. The highest BCUT2D eigenvalue weighted by molar-refractivity contribution is 9.10. The van der Waals surface area contributed by atoms with E-state index in [1.165, 1.54) is 6.07 Å². The number of alkyl halides is 1. The summed E-state index contributed by atoms with van der Waals surface area (Å²) in [5.74, 6) is -0.213. The highest BCUT2D eigenvalue weighted by Crippen LogP contribution is 2.28. The molecule has 0 saturated heterocycles. The number of hydrogen-bond acceptors (Lipinski definition) is 0. The van der Waals surface area contributed by atoms with Gasteiger partial charge in [-0.15, -0.1) is 0 Å². The van der Waals surface area contributed by atoms with Gasteiger partial charge in [-0.3, -0.25) is 0 Å². The second-order valence-electron chi connectivity index (χ2n) is 2.55. The molecule has 0 aliphatic carbocycles. The molecule has 0 fully saturated rings. The number of rotatable bonds is 2. The highest BCUT2D eigenvalue weighted by atomic mass is 79.9. The molecule has 0 bridgehead atoms. The Balaban J connectivity index is 2.96. The van der Waals surface area contributed by atoms with Gasteiger partial charge in [0.15, 0.2) is 0 Å². The third-order valence-electron chi connectivity index (χ3n) is 1.66. The van der Waals surface area contributed by atoms with Crippen LogP contribution in [0.2, 0.25) is 0 Å². The van der Waals surface area contributed by atoms with E-state index in [-0.39, 0.29) is 5.82 Å². The fraction of sp³-hybridized carbons (Fsp3) is 0.333. The molecule has 1 unspecified atom stereocenters. The summed E-state index contributed by atoms with van der Waals surface area (Å²) in [4.78, 5) is 0.314. The maximum atomic E-state index is 12.8. The van der Waals surface area contributed by atoms with Crippen molar-refractivity contribution in [1.29, 1.82) is 0 Å². The molecule has 0 N–H and O–H groups in total. The molecule has 0 heterocycles. The van der Waals surface area contributed by atoms with Crippen LogP contribution in [-0.4, -0.2) is 0 Å². The fourth-order valence-electron chi connectivity index (χ4n) is 0.943. The van der Waals surface area contributed by atoms with E-state index >= 15 is 0 Å². The van der Waals surface area contributed by atoms with Crippen LogP contribution in [0.15, 0.2) is 22.7 Å². The summed E-state index contributed by atoms with van der Waals surface area (Å²) in [5.41, 5.74) is 1.10. The first-order valence-electron chi connectivity index (χ1n) is 3.74. The van der Waals surface area contributed by atoms with Crippen molar-refractivity contribution in [3.8, 4) is 0 Å². The molecule has 1 rings (SSSR count). The van der Waals surface area contributed by atoms with Crippen molar-refractivity contribution in [3.63, 3.8) is 0 Å². The van der Waals surface area contributed by atoms with Crippen LogP contribution < -0.4 is 0 Å². The van der Waals surface area contributed by atoms with Gasteiger partial charge in [0.05, 0.1) is 4.47 Å². The van der Waals surface area contributed by atoms with Gasteiger partial charge in [0.25, 0.3) is 0 Å². The Morgan fingerprint density at radius 1 is 1.50 bits per heavy atom. The monoisotopic (exact) mass is 294 g/mol. The molecular weight excluding hydrogens is 287 g/mol. The van der Waals surface area contributed by atoms with Gasteiger partial charge >= 0.3 is 0 Å². The zero-order chi connectivity index (χ0) is 9.14. The average molecular weight is 296 g/mol. The minimum absolute atomic E-state index is 0.213. The molecule has 0 amide bonds. The first-order chi connectivity index (χ1) is 5.65. The molecule has 1 aromatic rings. The summed E-state index contributed by atoms with van der Waals surface area (Å²) in [6.45, 7) is 2.08. The molecule has 0 aliphatic rings. The fourth-order valence-corrected chi connectivity index (χ4v) is 1.62. The summed E-state index contributed by atoms with van der Waals surface area (Å²) < 4.78 is 13.3. The quantitative estimate of drug-likeness (QED) is 0.708. The van der Waals surface area contributed by atoms with Crippen LogP contribution >= 0.6 is 31.9 Å². The van der Waals surface area contributed by atoms with Crippen LogP contribution in [0.3, 0.4) is 0 Å². The standard InChI is InChI=1S/C9H9Br2F/c1-2-7(10)6-3-4-9(12)8(11)5-6/h3-5,7H,2H2,1H3. The Bertz CT molecular complexity index is 273. The van der Waals surface area contributed by atoms with Crippen LogP contribution in [0.5, 0.6) is 0 Å².